The molecule has 0 amide bonds. The first kappa shape index (κ1) is 22.2. The Morgan fingerprint density at radius 2 is 1.74 bits per heavy atom. The van der Waals surface area contributed by atoms with E-state index in [1.165, 1.54) is 24.3 Å². The molecule has 0 unspecified atom stereocenters. The molecule has 0 fully saturated rings. The van der Waals surface area contributed by atoms with Gasteiger partial charge >= 0.3 is 5.97 Å². The first-order valence-corrected chi connectivity index (χ1v) is 11.2. The van der Waals surface area contributed by atoms with Crippen LogP contribution >= 0.6 is 0 Å². The third kappa shape index (κ3) is 4.51. The molecule has 31 heavy (non-hydrogen) atoms. The maximum Gasteiger partial charge on any atom is 0.361 e. The minimum absolute atomic E-state index is 0.107. The standard InChI is InChI=1S/C22H21FN2O5S/c1-4-30-22(26)21(24-27)19-13-20(15-5-11-18(12-6-15)31(3,28)29)25(14(19)2)17-9-7-16(23)8-10-17/h5-13,27H,4H2,1-3H3. The Morgan fingerprint density at radius 3 is 2.26 bits per heavy atom. The Kier molecular flexibility index (Phi) is 6.26. The van der Waals surface area contributed by atoms with Crippen LogP contribution in [0.25, 0.3) is 16.9 Å². The quantitative estimate of drug-likeness (QED) is 0.270. The highest BCUT2D eigenvalue weighted by Crippen LogP contribution is 2.31. The monoisotopic (exact) mass is 444 g/mol. The van der Waals surface area contributed by atoms with E-state index in [1.54, 1.807) is 48.7 Å². The average Bonchev–Trinajstić information content (AvgIpc) is 3.06. The van der Waals surface area contributed by atoms with Gasteiger partial charge in [0.1, 0.15) is 5.82 Å². The Balaban J connectivity index is 2.24. The topological polar surface area (TPSA) is 98.0 Å². The van der Waals surface area contributed by atoms with E-state index < -0.39 is 21.6 Å². The lowest BCUT2D eigenvalue weighted by atomic mass is 10.1. The summed E-state index contributed by atoms with van der Waals surface area (Å²) in [5, 5.41) is 12.6. The molecule has 1 heterocycles. The van der Waals surface area contributed by atoms with Crippen LogP contribution in [0.2, 0.25) is 0 Å². The number of esters is 1. The summed E-state index contributed by atoms with van der Waals surface area (Å²) >= 11 is 0. The summed E-state index contributed by atoms with van der Waals surface area (Å²) in [5.74, 6) is -1.19. The lowest BCUT2D eigenvalue weighted by molar-refractivity contribution is -0.135. The molecule has 162 valence electrons. The number of carbonyl (C=O) groups excluding carboxylic acids is 1. The van der Waals surface area contributed by atoms with Crippen molar-refractivity contribution in [1.29, 1.82) is 0 Å². The predicted octanol–water partition coefficient (Wildman–Crippen LogP) is 3.74. The van der Waals surface area contributed by atoms with Crippen LogP contribution in [-0.4, -0.2) is 42.7 Å². The zero-order chi connectivity index (χ0) is 22.8. The molecule has 0 aliphatic heterocycles. The summed E-state index contributed by atoms with van der Waals surface area (Å²) in [6.45, 7) is 3.46. The van der Waals surface area contributed by atoms with Crippen LogP contribution < -0.4 is 0 Å². The van der Waals surface area contributed by atoms with E-state index in [0.29, 0.717) is 28.2 Å². The van der Waals surface area contributed by atoms with E-state index in [-0.39, 0.29) is 17.2 Å². The van der Waals surface area contributed by atoms with E-state index in [2.05, 4.69) is 5.16 Å². The molecule has 0 radical (unpaired) electrons. The normalized spacial score (nSPS) is 12.1. The van der Waals surface area contributed by atoms with Gasteiger partial charge in [0.05, 0.1) is 17.2 Å². The van der Waals surface area contributed by atoms with Crippen LogP contribution in [0.1, 0.15) is 18.2 Å². The molecule has 1 N–H and O–H groups in total. The number of nitrogens with zero attached hydrogens (tertiary/aromatic N) is 2. The SMILES string of the molecule is CCOC(=O)C(=NO)c1cc(-c2ccc(S(C)(=O)=O)cc2)n(-c2ccc(F)cc2)c1C. The van der Waals surface area contributed by atoms with Crippen LogP contribution in [0, 0.1) is 12.7 Å². The van der Waals surface area contributed by atoms with E-state index in [4.69, 9.17) is 4.74 Å². The molecule has 0 aliphatic carbocycles. The number of benzene rings is 2. The molecule has 0 saturated heterocycles. The Morgan fingerprint density at radius 1 is 1.13 bits per heavy atom. The van der Waals surface area contributed by atoms with Crippen molar-refractivity contribution >= 4 is 21.5 Å². The summed E-state index contributed by atoms with van der Waals surface area (Å²) in [6.07, 6.45) is 1.12. The highest BCUT2D eigenvalue weighted by atomic mass is 32.2. The summed E-state index contributed by atoms with van der Waals surface area (Å²) in [7, 11) is -3.37. The molecule has 3 aromatic rings. The fourth-order valence-corrected chi connectivity index (χ4v) is 3.89. The van der Waals surface area contributed by atoms with E-state index in [9.17, 15) is 22.8 Å². The first-order chi connectivity index (χ1) is 14.7. The maximum absolute atomic E-state index is 13.5. The lowest BCUT2D eigenvalue weighted by Gasteiger charge is -2.13. The summed E-state index contributed by atoms with van der Waals surface area (Å²) in [5.41, 5.74) is 2.45. The third-order valence-electron chi connectivity index (χ3n) is 4.73. The van der Waals surface area contributed by atoms with Crippen molar-refractivity contribution in [2.75, 3.05) is 12.9 Å². The molecule has 2 aromatic carbocycles. The van der Waals surface area contributed by atoms with Crippen molar-refractivity contribution < 1.29 is 27.5 Å². The smallest absolute Gasteiger partial charge is 0.361 e. The van der Waals surface area contributed by atoms with E-state index in [1.807, 2.05) is 0 Å². The van der Waals surface area contributed by atoms with E-state index >= 15 is 0 Å². The van der Waals surface area contributed by atoms with Crippen molar-refractivity contribution in [2.24, 2.45) is 5.16 Å². The highest BCUT2D eigenvalue weighted by molar-refractivity contribution is 7.90. The van der Waals surface area contributed by atoms with E-state index in [0.717, 1.165) is 6.26 Å². The molecule has 9 heteroatoms. The largest absolute Gasteiger partial charge is 0.461 e. The fraction of sp³-hybridized carbons (Fsp3) is 0.182. The van der Waals surface area contributed by atoms with Gasteiger partial charge in [-0.2, -0.15) is 0 Å². The number of halogens is 1. The summed E-state index contributed by atoms with van der Waals surface area (Å²) < 4.78 is 43.8. The number of ether oxygens (including phenoxy) is 1. The van der Waals surface area contributed by atoms with Crippen LogP contribution in [0.15, 0.2) is 64.6 Å². The number of sulfone groups is 1. The Hall–Kier alpha value is -3.46. The van der Waals surface area contributed by atoms with Gasteiger partial charge in [0, 0.05) is 23.2 Å². The van der Waals surface area contributed by atoms with Gasteiger partial charge in [0.25, 0.3) is 0 Å². The number of carbonyl (C=O) groups is 1. The number of hydrogen-bond acceptors (Lipinski definition) is 6. The van der Waals surface area contributed by atoms with Crippen LogP contribution in [0.4, 0.5) is 4.39 Å². The first-order valence-electron chi connectivity index (χ1n) is 9.35. The molecular weight excluding hydrogens is 423 g/mol. The average molecular weight is 444 g/mol. The predicted molar refractivity (Wildman–Crippen MR) is 114 cm³/mol. The van der Waals surface area contributed by atoms with Gasteiger partial charge in [-0.15, -0.1) is 0 Å². The third-order valence-corrected chi connectivity index (χ3v) is 5.86. The van der Waals surface area contributed by atoms with Gasteiger partial charge in [0.2, 0.25) is 0 Å². The minimum atomic E-state index is -3.37. The number of aromatic nitrogens is 1. The van der Waals surface area contributed by atoms with Crippen LogP contribution in [-0.2, 0) is 19.4 Å². The second-order valence-electron chi connectivity index (χ2n) is 6.81. The van der Waals surface area contributed by atoms with Gasteiger partial charge in [-0.1, -0.05) is 17.3 Å². The maximum atomic E-state index is 13.5. The van der Waals surface area contributed by atoms with Crippen molar-refractivity contribution in [3.63, 3.8) is 0 Å². The zero-order valence-electron chi connectivity index (χ0n) is 17.2. The molecule has 3 rings (SSSR count). The van der Waals surface area contributed by atoms with Gasteiger partial charge in [-0.3, -0.25) is 0 Å². The molecule has 0 bridgehead atoms. The highest BCUT2D eigenvalue weighted by Gasteiger charge is 2.24. The molecule has 0 atom stereocenters. The van der Waals surface area contributed by atoms with Crippen molar-refractivity contribution in [1.82, 2.24) is 4.57 Å². The van der Waals surface area contributed by atoms with Crippen molar-refractivity contribution in [3.05, 3.63) is 71.7 Å². The zero-order valence-corrected chi connectivity index (χ0v) is 18.0. The summed E-state index contributed by atoms with van der Waals surface area (Å²) in [4.78, 5) is 12.4. The lowest BCUT2D eigenvalue weighted by Crippen LogP contribution is -2.19. The van der Waals surface area contributed by atoms with Gasteiger partial charge in [-0.05, 0) is 61.9 Å². The summed E-state index contributed by atoms with van der Waals surface area (Å²) in [6, 6.07) is 13.6. The Labute approximate surface area is 179 Å². The number of hydrogen-bond donors (Lipinski definition) is 1. The molecule has 7 nitrogen and oxygen atoms in total. The Bertz CT molecular complexity index is 1240. The van der Waals surface area contributed by atoms with Crippen molar-refractivity contribution in [3.8, 4) is 16.9 Å². The molecule has 0 aliphatic rings. The van der Waals surface area contributed by atoms with Crippen LogP contribution in [0.3, 0.4) is 0 Å². The molecule has 1 aromatic heterocycles. The number of oxime groups is 1. The second kappa shape index (κ2) is 8.73. The molecule has 0 saturated carbocycles. The van der Waals surface area contributed by atoms with Crippen molar-refractivity contribution in [2.45, 2.75) is 18.7 Å². The van der Waals surface area contributed by atoms with Gasteiger partial charge in [0.15, 0.2) is 15.5 Å². The van der Waals surface area contributed by atoms with Gasteiger partial charge in [-0.25, -0.2) is 17.6 Å². The molecule has 0 spiro atoms. The minimum Gasteiger partial charge on any atom is -0.461 e. The fourth-order valence-electron chi connectivity index (χ4n) is 3.26. The molecular formula is C22H21FN2O5S. The van der Waals surface area contributed by atoms with Gasteiger partial charge < -0.3 is 14.5 Å². The van der Waals surface area contributed by atoms with Crippen LogP contribution in [0.5, 0.6) is 0 Å². The number of rotatable bonds is 6. The second-order valence-corrected chi connectivity index (χ2v) is 8.82.